The highest BCUT2D eigenvalue weighted by Gasteiger charge is 2.16. The monoisotopic (exact) mass is 377 g/mol. The van der Waals surface area contributed by atoms with E-state index in [0.717, 1.165) is 44.2 Å². The Labute approximate surface area is 161 Å². The number of aryl methyl sites for hydroxylation is 3. The molecule has 2 aromatic heterocycles. The molecule has 0 amide bonds. The second kappa shape index (κ2) is 7.08. The Bertz CT molecular complexity index is 1120. The molecule has 0 atom stereocenters. The highest BCUT2D eigenvalue weighted by atomic mass is 32.1. The molecule has 4 rings (SSSR count). The van der Waals surface area contributed by atoms with E-state index >= 15 is 0 Å². The third-order valence-corrected chi connectivity index (χ3v) is 5.83. The molecule has 5 heteroatoms. The van der Waals surface area contributed by atoms with Crippen molar-refractivity contribution in [1.29, 1.82) is 0 Å². The summed E-state index contributed by atoms with van der Waals surface area (Å²) in [5.74, 6) is 1.23. The molecule has 0 saturated heterocycles. The fraction of sp³-hybridized carbons (Fsp3) is 0.182. The highest BCUT2D eigenvalue weighted by Crippen LogP contribution is 2.35. The van der Waals surface area contributed by atoms with Crippen molar-refractivity contribution < 1.29 is 4.39 Å². The van der Waals surface area contributed by atoms with Crippen LogP contribution in [0, 0.1) is 26.6 Å². The van der Waals surface area contributed by atoms with Gasteiger partial charge in [-0.05, 0) is 49.6 Å². The lowest BCUT2D eigenvalue weighted by atomic mass is 10.1. The summed E-state index contributed by atoms with van der Waals surface area (Å²) in [4.78, 5) is 11.8. The van der Waals surface area contributed by atoms with Gasteiger partial charge in [-0.1, -0.05) is 36.4 Å². The molecule has 2 aromatic carbocycles. The minimum atomic E-state index is -0.267. The smallest absolute Gasteiger partial charge is 0.143 e. The van der Waals surface area contributed by atoms with Crippen molar-refractivity contribution in [2.24, 2.45) is 0 Å². The van der Waals surface area contributed by atoms with Crippen LogP contribution in [-0.2, 0) is 6.42 Å². The minimum Gasteiger partial charge on any atom is -0.339 e. The second-order valence-corrected chi connectivity index (χ2v) is 7.90. The number of benzene rings is 2. The molecule has 0 saturated carbocycles. The summed E-state index contributed by atoms with van der Waals surface area (Å²) in [6.45, 7) is 6.13. The number of nitrogens with zero attached hydrogens (tertiary/aromatic N) is 2. The van der Waals surface area contributed by atoms with Crippen LogP contribution in [0.5, 0.6) is 0 Å². The number of halogens is 1. The summed E-state index contributed by atoms with van der Waals surface area (Å²) < 4.78 is 13.7. The van der Waals surface area contributed by atoms with Crippen LogP contribution < -0.4 is 5.32 Å². The van der Waals surface area contributed by atoms with E-state index in [4.69, 9.17) is 9.97 Å². The molecule has 0 fully saturated rings. The van der Waals surface area contributed by atoms with Gasteiger partial charge < -0.3 is 5.32 Å². The zero-order chi connectivity index (χ0) is 19.0. The lowest BCUT2D eigenvalue weighted by Crippen LogP contribution is -2.03. The van der Waals surface area contributed by atoms with Crippen LogP contribution in [0.1, 0.15) is 27.4 Å². The normalized spacial score (nSPS) is 11.1. The first-order valence-corrected chi connectivity index (χ1v) is 9.66. The van der Waals surface area contributed by atoms with Crippen LogP contribution in [0.15, 0.2) is 48.5 Å². The van der Waals surface area contributed by atoms with Crippen molar-refractivity contribution in [3.8, 4) is 0 Å². The molecule has 4 aromatic rings. The van der Waals surface area contributed by atoms with Gasteiger partial charge in [0, 0.05) is 17.0 Å². The molecule has 0 spiro atoms. The summed E-state index contributed by atoms with van der Waals surface area (Å²) in [6.07, 6.45) is 0.656. The standard InChI is InChI=1S/C22H20FN3S/c1-13-9-10-17(23)12-18(13)24-21-20-14(2)15(3)27-22(20)26-19(25-21)11-16-7-5-4-6-8-16/h4-10,12H,11H2,1-3H3,(H,24,25,26). The molecule has 0 bridgehead atoms. The van der Waals surface area contributed by atoms with Gasteiger partial charge in [0.15, 0.2) is 0 Å². The number of nitrogens with one attached hydrogen (secondary N) is 1. The molecule has 2 heterocycles. The fourth-order valence-corrected chi connectivity index (χ4v) is 4.15. The second-order valence-electron chi connectivity index (χ2n) is 6.70. The number of aromatic nitrogens is 2. The van der Waals surface area contributed by atoms with Gasteiger partial charge in [-0.2, -0.15) is 0 Å². The SMILES string of the molecule is Cc1ccc(F)cc1Nc1nc(Cc2ccccc2)nc2sc(C)c(C)c12. The molecule has 0 unspecified atom stereocenters. The van der Waals surface area contributed by atoms with Gasteiger partial charge in [0.1, 0.15) is 22.3 Å². The van der Waals surface area contributed by atoms with Gasteiger partial charge in [0.2, 0.25) is 0 Å². The summed E-state index contributed by atoms with van der Waals surface area (Å²) >= 11 is 1.67. The molecule has 1 N–H and O–H groups in total. The number of thiophene rings is 1. The number of hydrogen-bond acceptors (Lipinski definition) is 4. The Kier molecular flexibility index (Phi) is 4.62. The van der Waals surface area contributed by atoms with Crippen LogP contribution in [0.4, 0.5) is 15.9 Å². The Morgan fingerprint density at radius 2 is 1.78 bits per heavy atom. The highest BCUT2D eigenvalue weighted by molar-refractivity contribution is 7.18. The Morgan fingerprint density at radius 1 is 1.00 bits per heavy atom. The minimum absolute atomic E-state index is 0.267. The number of fused-ring (bicyclic) bond motifs is 1. The molecule has 0 radical (unpaired) electrons. The Balaban J connectivity index is 1.82. The van der Waals surface area contributed by atoms with Gasteiger partial charge in [-0.15, -0.1) is 11.3 Å². The third-order valence-electron chi connectivity index (χ3n) is 4.73. The molecular formula is C22H20FN3S. The number of anilines is 2. The van der Waals surface area contributed by atoms with Crippen LogP contribution in [0.2, 0.25) is 0 Å². The molecule has 27 heavy (non-hydrogen) atoms. The molecule has 0 aliphatic carbocycles. The summed E-state index contributed by atoms with van der Waals surface area (Å²) in [7, 11) is 0. The van der Waals surface area contributed by atoms with Crippen molar-refractivity contribution in [2.45, 2.75) is 27.2 Å². The summed E-state index contributed by atoms with van der Waals surface area (Å²) in [6, 6.07) is 14.9. The Hall–Kier alpha value is -2.79. The average molecular weight is 377 g/mol. The van der Waals surface area contributed by atoms with E-state index in [-0.39, 0.29) is 5.82 Å². The van der Waals surface area contributed by atoms with E-state index < -0.39 is 0 Å². The summed E-state index contributed by atoms with van der Waals surface area (Å²) in [5.41, 5.74) is 4.02. The van der Waals surface area contributed by atoms with E-state index in [2.05, 4.69) is 31.3 Å². The van der Waals surface area contributed by atoms with Gasteiger partial charge in [-0.25, -0.2) is 14.4 Å². The van der Waals surface area contributed by atoms with E-state index in [1.54, 1.807) is 17.4 Å². The maximum Gasteiger partial charge on any atom is 0.143 e. The zero-order valence-corrected chi connectivity index (χ0v) is 16.3. The number of rotatable bonds is 4. The largest absolute Gasteiger partial charge is 0.339 e. The van der Waals surface area contributed by atoms with Crippen molar-refractivity contribution in [3.05, 3.63) is 81.7 Å². The topological polar surface area (TPSA) is 37.8 Å². The van der Waals surface area contributed by atoms with E-state index in [0.29, 0.717) is 6.42 Å². The first-order chi connectivity index (χ1) is 13.0. The van der Waals surface area contributed by atoms with Gasteiger partial charge in [0.05, 0.1) is 5.39 Å². The maximum absolute atomic E-state index is 13.7. The zero-order valence-electron chi connectivity index (χ0n) is 15.5. The van der Waals surface area contributed by atoms with Crippen molar-refractivity contribution in [1.82, 2.24) is 9.97 Å². The third kappa shape index (κ3) is 3.55. The van der Waals surface area contributed by atoms with Crippen LogP contribution in [-0.4, -0.2) is 9.97 Å². The molecule has 3 nitrogen and oxygen atoms in total. The van der Waals surface area contributed by atoms with Crippen molar-refractivity contribution in [2.75, 3.05) is 5.32 Å². The van der Waals surface area contributed by atoms with E-state index in [1.165, 1.54) is 17.0 Å². The average Bonchev–Trinajstić information content (AvgIpc) is 2.93. The maximum atomic E-state index is 13.7. The predicted molar refractivity (Wildman–Crippen MR) is 111 cm³/mol. The van der Waals surface area contributed by atoms with Crippen molar-refractivity contribution in [3.63, 3.8) is 0 Å². The quantitative estimate of drug-likeness (QED) is 0.468. The predicted octanol–water partition coefficient (Wildman–Crippen LogP) is 6.09. The fourth-order valence-electron chi connectivity index (χ4n) is 3.10. The lowest BCUT2D eigenvalue weighted by Gasteiger charge is -2.12. The van der Waals surface area contributed by atoms with Crippen LogP contribution >= 0.6 is 11.3 Å². The molecule has 0 aliphatic rings. The first kappa shape index (κ1) is 17.6. The molecule has 0 aliphatic heterocycles. The van der Waals surface area contributed by atoms with Gasteiger partial charge in [0.25, 0.3) is 0 Å². The molecule has 136 valence electrons. The number of hydrogen-bond donors (Lipinski definition) is 1. The van der Waals surface area contributed by atoms with Crippen molar-refractivity contribution >= 4 is 33.1 Å². The van der Waals surface area contributed by atoms with Crippen LogP contribution in [0.3, 0.4) is 0 Å². The van der Waals surface area contributed by atoms with Gasteiger partial charge >= 0.3 is 0 Å². The molecular weight excluding hydrogens is 357 g/mol. The Morgan fingerprint density at radius 3 is 2.56 bits per heavy atom. The van der Waals surface area contributed by atoms with E-state index in [9.17, 15) is 4.39 Å². The van der Waals surface area contributed by atoms with E-state index in [1.807, 2.05) is 25.1 Å². The van der Waals surface area contributed by atoms with Crippen LogP contribution in [0.25, 0.3) is 10.2 Å². The lowest BCUT2D eigenvalue weighted by molar-refractivity contribution is 0.628. The summed E-state index contributed by atoms with van der Waals surface area (Å²) in [5, 5.41) is 4.36. The first-order valence-electron chi connectivity index (χ1n) is 8.85. The van der Waals surface area contributed by atoms with Gasteiger partial charge in [-0.3, -0.25) is 0 Å².